The largest absolute Gasteiger partial charge is 0.383 e. The summed E-state index contributed by atoms with van der Waals surface area (Å²) >= 11 is 0. The maximum absolute atomic E-state index is 11.6. The molecule has 0 saturated heterocycles. The van der Waals surface area contributed by atoms with Gasteiger partial charge in [-0.1, -0.05) is 0 Å². The molecule has 1 aromatic rings. The molecular weight excluding hydrogens is 246 g/mol. The average Bonchev–Trinajstić information content (AvgIpc) is 2.65. The number of hydrogen-bond donors (Lipinski definition) is 2. The van der Waals surface area contributed by atoms with Crippen LogP contribution in [0.15, 0.2) is 18.2 Å². The van der Waals surface area contributed by atoms with Crippen LogP contribution in [0.25, 0.3) is 0 Å². The number of urea groups is 1. The molecule has 1 heterocycles. The lowest BCUT2D eigenvalue weighted by Gasteiger charge is -2.11. The molecule has 0 bridgehead atoms. The van der Waals surface area contributed by atoms with Gasteiger partial charge < -0.3 is 20.3 Å². The number of carbonyl (C=O) groups is 2. The van der Waals surface area contributed by atoms with Gasteiger partial charge in [0.15, 0.2) is 0 Å². The molecule has 0 aromatic heterocycles. The quantitative estimate of drug-likeness (QED) is 0.795. The number of hydrogen-bond acceptors (Lipinski definition) is 3. The van der Waals surface area contributed by atoms with Crippen LogP contribution < -0.4 is 15.5 Å². The van der Waals surface area contributed by atoms with Crippen molar-refractivity contribution in [3.05, 3.63) is 23.8 Å². The Labute approximate surface area is 111 Å². The number of carbonyl (C=O) groups excluding carboxylic acids is 2. The van der Waals surface area contributed by atoms with E-state index in [1.807, 2.05) is 12.1 Å². The molecule has 0 radical (unpaired) electrons. The van der Waals surface area contributed by atoms with E-state index in [-0.39, 0.29) is 11.9 Å². The van der Waals surface area contributed by atoms with Gasteiger partial charge in [-0.05, 0) is 23.8 Å². The number of likely N-dealkylation sites (N-methyl/N-ethyl adjacent to an activating group) is 1. The maximum atomic E-state index is 11.6. The van der Waals surface area contributed by atoms with E-state index in [0.717, 1.165) is 11.3 Å². The fraction of sp³-hybridized carbons (Fsp3) is 0.385. The zero-order valence-corrected chi connectivity index (χ0v) is 11.0. The summed E-state index contributed by atoms with van der Waals surface area (Å²) in [5.74, 6) is 0.0664. The minimum absolute atomic E-state index is 0.0664. The molecule has 1 aliphatic heterocycles. The van der Waals surface area contributed by atoms with Gasteiger partial charge in [0.05, 0.1) is 13.0 Å². The van der Waals surface area contributed by atoms with Gasteiger partial charge in [-0.15, -0.1) is 0 Å². The molecular formula is C13H17N3O3. The van der Waals surface area contributed by atoms with Crippen molar-refractivity contribution >= 4 is 23.3 Å². The molecule has 19 heavy (non-hydrogen) atoms. The van der Waals surface area contributed by atoms with E-state index >= 15 is 0 Å². The van der Waals surface area contributed by atoms with Crippen molar-refractivity contribution in [1.82, 2.24) is 5.32 Å². The Morgan fingerprint density at radius 3 is 3.00 bits per heavy atom. The number of benzene rings is 1. The zero-order chi connectivity index (χ0) is 13.8. The van der Waals surface area contributed by atoms with Crippen LogP contribution in [0.2, 0.25) is 0 Å². The van der Waals surface area contributed by atoms with Crippen molar-refractivity contribution in [1.29, 1.82) is 0 Å². The topological polar surface area (TPSA) is 70.7 Å². The first-order valence-corrected chi connectivity index (χ1v) is 6.05. The Morgan fingerprint density at radius 1 is 1.47 bits per heavy atom. The first-order chi connectivity index (χ1) is 9.11. The van der Waals surface area contributed by atoms with Crippen LogP contribution in [-0.4, -0.2) is 39.2 Å². The molecule has 0 unspecified atom stereocenters. The second-order valence-electron chi connectivity index (χ2n) is 4.35. The summed E-state index contributed by atoms with van der Waals surface area (Å²) in [5.41, 5.74) is 2.51. The lowest BCUT2D eigenvalue weighted by Crippen LogP contribution is -2.31. The number of amides is 3. The molecule has 0 atom stereocenters. The van der Waals surface area contributed by atoms with Crippen molar-refractivity contribution in [2.24, 2.45) is 0 Å². The van der Waals surface area contributed by atoms with Gasteiger partial charge in [-0.3, -0.25) is 4.79 Å². The molecule has 0 aliphatic carbocycles. The Kier molecular flexibility index (Phi) is 4.01. The molecule has 1 aliphatic rings. The monoisotopic (exact) mass is 263 g/mol. The Balaban J connectivity index is 1.98. The third-order valence-electron chi connectivity index (χ3n) is 3.01. The summed E-state index contributed by atoms with van der Waals surface area (Å²) in [6, 6.07) is 5.16. The Morgan fingerprint density at radius 2 is 2.26 bits per heavy atom. The summed E-state index contributed by atoms with van der Waals surface area (Å²) < 4.78 is 4.84. The smallest absolute Gasteiger partial charge is 0.319 e. The summed E-state index contributed by atoms with van der Waals surface area (Å²) in [5, 5.41) is 5.39. The minimum Gasteiger partial charge on any atom is -0.383 e. The number of methoxy groups -OCH3 is 1. The molecule has 2 N–H and O–H groups in total. The number of rotatable bonds is 4. The Bertz CT molecular complexity index is 502. The summed E-state index contributed by atoms with van der Waals surface area (Å²) in [6.45, 7) is 0.922. The van der Waals surface area contributed by atoms with E-state index in [2.05, 4.69) is 10.6 Å². The minimum atomic E-state index is -0.283. The van der Waals surface area contributed by atoms with Crippen molar-refractivity contribution in [3.8, 4) is 0 Å². The maximum Gasteiger partial charge on any atom is 0.319 e. The predicted molar refractivity (Wildman–Crippen MR) is 72.5 cm³/mol. The van der Waals surface area contributed by atoms with Gasteiger partial charge in [0, 0.05) is 32.1 Å². The van der Waals surface area contributed by atoms with Crippen LogP contribution in [0, 0.1) is 0 Å². The molecule has 6 nitrogen and oxygen atoms in total. The van der Waals surface area contributed by atoms with Crippen LogP contribution in [0.4, 0.5) is 16.2 Å². The van der Waals surface area contributed by atoms with Crippen molar-refractivity contribution < 1.29 is 14.3 Å². The summed E-state index contributed by atoms with van der Waals surface area (Å²) in [4.78, 5) is 24.7. The van der Waals surface area contributed by atoms with Crippen molar-refractivity contribution in [2.75, 3.05) is 37.5 Å². The highest BCUT2D eigenvalue weighted by atomic mass is 16.5. The fourth-order valence-corrected chi connectivity index (χ4v) is 1.99. The highest BCUT2D eigenvalue weighted by molar-refractivity contribution is 6.01. The second-order valence-corrected chi connectivity index (χ2v) is 4.35. The second kappa shape index (κ2) is 5.71. The number of fused-ring (bicyclic) bond motifs is 1. The van der Waals surface area contributed by atoms with E-state index in [1.165, 1.54) is 0 Å². The zero-order valence-electron chi connectivity index (χ0n) is 11.0. The van der Waals surface area contributed by atoms with E-state index in [4.69, 9.17) is 4.74 Å². The number of nitrogens with zero attached hydrogens (tertiary/aromatic N) is 1. The van der Waals surface area contributed by atoms with Gasteiger partial charge in [0.25, 0.3) is 0 Å². The van der Waals surface area contributed by atoms with Crippen LogP contribution in [0.5, 0.6) is 0 Å². The molecule has 6 heteroatoms. The standard InChI is InChI=1S/C13H17N3O3/c1-16-11-4-3-10(7-9(11)8-12(16)17)15-13(18)14-5-6-19-2/h3-4,7H,5-6,8H2,1-2H3,(H2,14,15,18). The molecule has 2 rings (SSSR count). The molecule has 3 amide bonds. The lowest BCUT2D eigenvalue weighted by atomic mass is 10.1. The highest BCUT2D eigenvalue weighted by Gasteiger charge is 2.23. The van der Waals surface area contributed by atoms with Gasteiger partial charge in [-0.25, -0.2) is 4.79 Å². The first kappa shape index (κ1) is 13.4. The van der Waals surface area contributed by atoms with Crippen LogP contribution in [0.1, 0.15) is 5.56 Å². The molecule has 0 fully saturated rings. The molecule has 0 saturated carbocycles. The van der Waals surface area contributed by atoms with Gasteiger partial charge >= 0.3 is 6.03 Å². The fourth-order valence-electron chi connectivity index (χ4n) is 1.99. The van der Waals surface area contributed by atoms with Crippen molar-refractivity contribution in [2.45, 2.75) is 6.42 Å². The highest BCUT2D eigenvalue weighted by Crippen LogP contribution is 2.29. The van der Waals surface area contributed by atoms with E-state index in [1.54, 1.807) is 25.1 Å². The van der Waals surface area contributed by atoms with Crippen LogP contribution in [-0.2, 0) is 16.0 Å². The van der Waals surface area contributed by atoms with Crippen LogP contribution in [0.3, 0.4) is 0 Å². The van der Waals surface area contributed by atoms with Crippen LogP contribution >= 0.6 is 0 Å². The predicted octanol–water partition coefficient (Wildman–Crippen LogP) is 0.973. The van der Waals surface area contributed by atoms with Gasteiger partial charge in [0.1, 0.15) is 0 Å². The lowest BCUT2D eigenvalue weighted by molar-refractivity contribution is -0.117. The number of nitrogens with one attached hydrogen (secondary N) is 2. The normalized spacial score (nSPS) is 13.4. The molecule has 0 spiro atoms. The molecule has 102 valence electrons. The van der Waals surface area contributed by atoms with E-state index in [9.17, 15) is 9.59 Å². The number of ether oxygens (including phenoxy) is 1. The van der Waals surface area contributed by atoms with Gasteiger partial charge in [0.2, 0.25) is 5.91 Å². The summed E-state index contributed by atoms with van der Waals surface area (Å²) in [7, 11) is 3.33. The third kappa shape index (κ3) is 3.03. The third-order valence-corrected chi connectivity index (χ3v) is 3.01. The Hall–Kier alpha value is -2.08. The summed E-state index contributed by atoms with van der Waals surface area (Å²) in [6.07, 6.45) is 0.382. The van der Waals surface area contributed by atoms with E-state index < -0.39 is 0 Å². The average molecular weight is 263 g/mol. The number of anilines is 2. The first-order valence-electron chi connectivity index (χ1n) is 6.05. The van der Waals surface area contributed by atoms with Crippen molar-refractivity contribution in [3.63, 3.8) is 0 Å². The van der Waals surface area contributed by atoms with Gasteiger partial charge in [-0.2, -0.15) is 0 Å². The SMILES string of the molecule is COCCNC(=O)Nc1ccc2c(c1)CC(=O)N2C. The molecule has 1 aromatic carbocycles. The van der Waals surface area contributed by atoms with E-state index in [0.29, 0.717) is 25.3 Å².